The molecule has 2 heterocycles. The standard InChI is InChI=1S/C16H27N3O2S/c1-4-22-16(5-7-21-8-6-16)11-17-15(20)14-10-13(18-19-14)9-12(2)3/h10,12H,4-9,11H2,1-3H3,(H,17,20)(H,18,19). The summed E-state index contributed by atoms with van der Waals surface area (Å²) in [5, 5.41) is 10.2. The first kappa shape index (κ1) is 17.3. The van der Waals surface area contributed by atoms with Gasteiger partial charge in [0, 0.05) is 30.2 Å². The van der Waals surface area contributed by atoms with Gasteiger partial charge in [-0.3, -0.25) is 9.89 Å². The van der Waals surface area contributed by atoms with Gasteiger partial charge >= 0.3 is 0 Å². The van der Waals surface area contributed by atoms with Gasteiger partial charge in [0.1, 0.15) is 5.69 Å². The fourth-order valence-corrected chi connectivity index (χ4v) is 4.02. The summed E-state index contributed by atoms with van der Waals surface area (Å²) >= 11 is 1.93. The van der Waals surface area contributed by atoms with E-state index in [1.54, 1.807) is 0 Å². The Hall–Kier alpha value is -1.01. The third kappa shape index (κ3) is 4.74. The number of H-pyrrole nitrogens is 1. The summed E-state index contributed by atoms with van der Waals surface area (Å²) in [6.07, 6.45) is 2.89. The van der Waals surface area contributed by atoms with Crippen LogP contribution in [-0.2, 0) is 11.2 Å². The SMILES string of the molecule is CCSC1(CNC(=O)c2cc(CC(C)C)[nH]n2)CCOCC1. The fourth-order valence-electron chi connectivity index (χ4n) is 2.78. The normalized spacial score (nSPS) is 17.6. The highest BCUT2D eigenvalue weighted by atomic mass is 32.2. The van der Waals surface area contributed by atoms with E-state index in [2.05, 4.69) is 36.3 Å². The molecule has 0 spiro atoms. The molecule has 0 atom stereocenters. The number of nitrogens with one attached hydrogen (secondary N) is 2. The summed E-state index contributed by atoms with van der Waals surface area (Å²) in [6, 6.07) is 1.86. The van der Waals surface area contributed by atoms with Gasteiger partial charge < -0.3 is 10.1 Å². The Morgan fingerprint density at radius 1 is 1.50 bits per heavy atom. The summed E-state index contributed by atoms with van der Waals surface area (Å²) in [7, 11) is 0. The molecule has 0 aliphatic carbocycles. The molecule has 0 aromatic carbocycles. The second-order valence-corrected chi connectivity index (χ2v) is 8.02. The second kappa shape index (κ2) is 8.02. The minimum Gasteiger partial charge on any atom is -0.381 e. The molecule has 6 heteroatoms. The Morgan fingerprint density at radius 2 is 2.23 bits per heavy atom. The molecule has 124 valence electrons. The number of aromatic nitrogens is 2. The first-order chi connectivity index (χ1) is 10.5. The summed E-state index contributed by atoms with van der Waals surface area (Å²) in [5.74, 6) is 1.51. The Labute approximate surface area is 137 Å². The average molecular weight is 325 g/mol. The molecule has 0 saturated carbocycles. The molecular weight excluding hydrogens is 298 g/mol. The van der Waals surface area contributed by atoms with Crippen LogP contribution < -0.4 is 5.32 Å². The number of hydrogen-bond acceptors (Lipinski definition) is 4. The summed E-state index contributed by atoms with van der Waals surface area (Å²) in [6.45, 7) is 8.71. The third-order valence-electron chi connectivity index (χ3n) is 3.92. The summed E-state index contributed by atoms with van der Waals surface area (Å²) < 4.78 is 5.57. The molecule has 1 amide bonds. The highest BCUT2D eigenvalue weighted by molar-refractivity contribution is 8.00. The van der Waals surface area contributed by atoms with Crippen LogP contribution in [0, 0.1) is 5.92 Å². The Balaban J connectivity index is 1.91. The first-order valence-corrected chi connectivity index (χ1v) is 9.07. The molecule has 1 aromatic heterocycles. The van der Waals surface area contributed by atoms with Crippen molar-refractivity contribution in [2.75, 3.05) is 25.5 Å². The van der Waals surface area contributed by atoms with E-state index in [1.165, 1.54) is 0 Å². The van der Waals surface area contributed by atoms with Crippen molar-refractivity contribution < 1.29 is 9.53 Å². The zero-order valence-corrected chi connectivity index (χ0v) is 14.6. The summed E-state index contributed by atoms with van der Waals surface area (Å²) in [4.78, 5) is 12.3. The average Bonchev–Trinajstić information content (AvgIpc) is 2.94. The molecule has 0 unspecified atom stereocenters. The number of ether oxygens (including phenoxy) is 1. The predicted molar refractivity (Wildman–Crippen MR) is 90.4 cm³/mol. The van der Waals surface area contributed by atoms with Crippen molar-refractivity contribution in [2.45, 2.75) is 44.8 Å². The van der Waals surface area contributed by atoms with E-state index in [4.69, 9.17) is 4.74 Å². The molecule has 1 saturated heterocycles. The van der Waals surface area contributed by atoms with Crippen LogP contribution in [0.2, 0.25) is 0 Å². The molecule has 2 rings (SSSR count). The van der Waals surface area contributed by atoms with Crippen LogP contribution in [-0.4, -0.2) is 46.4 Å². The lowest BCUT2D eigenvalue weighted by Gasteiger charge is -2.36. The van der Waals surface area contributed by atoms with Gasteiger partial charge in [-0.15, -0.1) is 0 Å². The van der Waals surface area contributed by atoms with Crippen molar-refractivity contribution in [2.24, 2.45) is 5.92 Å². The molecule has 1 aliphatic rings. The molecule has 0 bridgehead atoms. The Bertz CT molecular complexity index is 476. The van der Waals surface area contributed by atoms with E-state index < -0.39 is 0 Å². The van der Waals surface area contributed by atoms with E-state index in [1.807, 2.05) is 17.8 Å². The zero-order chi connectivity index (χ0) is 16.0. The van der Waals surface area contributed by atoms with E-state index in [9.17, 15) is 4.79 Å². The molecule has 0 radical (unpaired) electrons. The molecule has 1 aromatic rings. The van der Waals surface area contributed by atoms with Crippen molar-refractivity contribution in [1.29, 1.82) is 0 Å². The minimum atomic E-state index is -0.0890. The van der Waals surface area contributed by atoms with Crippen LogP contribution in [0.5, 0.6) is 0 Å². The topological polar surface area (TPSA) is 67.0 Å². The fraction of sp³-hybridized carbons (Fsp3) is 0.750. The second-order valence-electron chi connectivity index (χ2n) is 6.29. The monoisotopic (exact) mass is 325 g/mol. The maximum atomic E-state index is 12.3. The lowest BCUT2D eigenvalue weighted by atomic mass is 9.99. The third-order valence-corrected chi connectivity index (χ3v) is 5.37. The molecule has 22 heavy (non-hydrogen) atoms. The quantitative estimate of drug-likeness (QED) is 0.809. The van der Waals surface area contributed by atoms with Gasteiger partial charge in [0.05, 0.1) is 0 Å². The van der Waals surface area contributed by atoms with Crippen LogP contribution in [0.25, 0.3) is 0 Å². The van der Waals surface area contributed by atoms with Gasteiger partial charge in [-0.25, -0.2) is 0 Å². The predicted octanol–water partition coefficient (Wildman–Crippen LogP) is 2.64. The van der Waals surface area contributed by atoms with Crippen LogP contribution in [0.4, 0.5) is 0 Å². The lowest BCUT2D eigenvalue weighted by molar-refractivity contribution is 0.0740. The Kier molecular flexibility index (Phi) is 6.32. The molecular formula is C16H27N3O2S. The van der Waals surface area contributed by atoms with Gasteiger partial charge in [0.2, 0.25) is 0 Å². The number of rotatable bonds is 7. The number of thioether (sulfide) groups is 1. The van der Waals surface area contributed by atoms with E-state index in [0.717, 1.165) is 43.9 Å². The number of amides is 1. The van der Waals surface area contributed by atoms with Crippen LogP contribution in [0.1, 0.15) is 49.8 Å². The molecule has 2 N–H and O–H groups in total. The zero-order valence-electron chi connectivity index (χ0n) is 13.8. The van der Waals surface area contributed by atoms with Gasteiger partial charge in [0.25, 0.3) is 5.91 Å². The van der Waals surface area contributed by atoms with Gasteiger partial charge in [-0.1, -0.05) is 20.8 Å². The number of hydrogen-bond donors (Lipinski definition) is 2. The van der Waals surface area contributed by atoms with Crippen LogP contribution in [0.15, 0.2) is 6.07 Å². The maximum absolute atomic E-state index is 12.3. The van der Waals surface area contributed by atoms with Crippen molar-refractivity contribution >= 4 is 17.7 Å². The number of carbonyl (C=O) groups excluding carboxylic acids is 1. The highest BCUT2D eigenvalue weighted by Gasteiger charge is 2.33. The van der Waals surface area contributed by atoms with Gasteiger partial charge in [-0.05, 0) is 37.0 Å². The maximum Gasteiger partial charge on any atom is 0.271 e. The number of carbonyl (C=O) groups is 1. The van der Waals surface area contributed by atoms with E-state index in [-0.39, 0.29) is 10.7 Å². The largest absolute Gasteiger partial charge is 0.381 e. The van der Waals surface area contributed by atoms with Gasteiger partial charge in [-0.2, -0.15) is 16.9 Å². The van der Waals surface area contributed by atoms with Crippen molar-refractivity contribution in [3.05, 3.63) is 17.5 Å². The van der Waals surface area contributed by atoms with Gasteiger partial charge in [0.15, 0.2) is 0 Å². The van der Waals surface area contributed by atoms with E-state index >= 15 is 0 Å². The highest BCUT2D eigenvalue weighted by Crippen LogP contribution is 2.34. The minimum absolute atomic E-state index is 0.0890. The summed E-state index contributed by atoms with van der Waals surface area (Å²) in [5.41, 5.74) is 1.50. The van der Waals surface area contributed by atoms with Crippen molar-refractivity contribution in [3.63, 3.8) is 0 Å². The molecule has 1 aliphatic heterocycles. The van der Waals surface area contributed by atoms with Crippen LogP contribution >= 0.6 is 11.8 Å². The molecule has 1 fully saturated rings. The van der Waals surface area contributed by atoms with Crippen LogP contribution in [0.3, 0.4) is 0 Å². The number of aromatic amines is 1. The Morgan fingerprint density at radius 3 is 2.86 bits per heavy atom. The molecule has 5 nitrogen and oxygen atoms in total. The number of nitrogens with zero attached hydrogens (tertiary/aromatic N) is 1. The van der Waals surface area contributed by atoms with Crippen molar-refractivity contribution in [3.8, 4) is 0 Å². The van der Waals surface area contributed by atoms with Crippen molar-refractivity contribution in [1.82, 2.24) is 15.5 Å². The smallest absolute Gasteiger partial charge is 0.271 e. The lowest BCUT2D eigenvalue weighted by Crippen LogP contribution is -2.44. The van der Waals surface area contributed by atoms with E-state index in [0.29, 0.717) is 18.2 Å². The first-order valence-electron chi connectivity index (χ1n) is 8.09.